The maximum absolute atomic E-state index is 5.11. The molecule has 0 aromatic rings. The lowest BCUT2D eigenvalue weighted by molar-refractivity contribution is 0.0853. The second-order valence-electron chi connectivity index (χ2n) is 2.29. The summed E-state index contributed by atoms with van der Waals surface area (Å²) in [5, 5.41) is 0. The number of hydrogen-bond acceptors (Lipinski definition) is 2. The number of terminal acetylenes is 1. The quantitative estimate of drug-likeness (QED) is 0.396. The Kier molecular flexibility index (Phi) is 11.9. The maximum atomic E-state index is 5.11. The summed E-state index contributed by atoms with van der Waals surface area (Å²) in [6, 6.07) is 0. The summed E-state index contributed by atoms with van der Waals surface area (Å²) in [6.45, 7) is 2.15. The van der Waals surface area contributed by atoms with Crippen LogP contribution in [0.1, 0.15) is 32.6 Å². The van der Waals surface area contributed by atoms with Gasteiger partial charge in [-0.05, 0) is 12.8 Å². The van der Waals surface area contributed by atoms with Gasteiger partial charge < -0.3 is 0 Å². The van der Waals surface area contributed by atoms with Crippen LogP contribution in [-0.2, 0) is 4.84 Å². The molecule has 0 aromatic carbocycles. The van der Waals surface area contributed by atoms with Crippen molar-refractivity contribution < 1.29 is 4.84 Å². The van der Waals surface area contributed by atoms with Crippen molar-refractivity contribution in [1.29, 1.82) is 0 Å². The maximum Gasteiger partial charge on any atom is 0.139 e. The molecule has 0 aliphatic carbocycles. The van der Waals surface area contributed by atoms with Crippen LogP contribution in [-0.4, -0.2) is 6.10 Å². The van der Waals surface area contributed by atoms with Gasteiger partial charge in [0, 0.05) is 0 Å². The standard InChI is InChI=1S/C8H15NO.ClH/c1-3-5-6-7-8(4-2)10-9;/h2,8H,3,5-7,9H2,1H3;1H/t8-;/m0./s1. The minimum Gasteiger partial charge on any atom is -0.288 e. The van der Waals surface area contributed by atoms with E-state index in [1.807, 2.05) is 0 Å². The predicted octanol–water partition coefficient (Wildman–Crippen LogP) is 1.88. The molecule has 0 amide bonds. The summed E-state index contributed by atoms with van der Waals surface area (Å²) in [5.41, 5.74) is 0. The molecular weight excluding hydrogens is 162 g/mol. The molecule has 0 radical (unpaired) electrons. The molecule has 2 N–H and O–H groups in total. The molecule has 0 saturated heterocycles. The highest BCUT2D eigenvalue weighted by Gasteiger charge is 2.00. The van der Waals surface area contributed by atoms with Crippen LogP contribution in [0, 0.1) is 12.3 Å². The van der Waals surface area contributed by atoms with E-state index in [-0.39, 0.29) is 18.5 Å². The Balaban J connectivity index is 0. The molecular formula is C8H16ClNO. The van der Waals surface area contributed by atoms with Crippen LogP contribution >= 0.6 is 12.4 Å². The Morgan fingerprint density at radius 1 is 1.55 bits per heavy atom. The lowest BCUT2D eigenvalue weighted by Gasteiger charge is -2.05. The molecule has 0 rings (SSSR count). The fourth-order valence-corrected chi connectivity index (χ4v) is 0.770. The Morgan fingerprint density at radius 3 is 2.55 bits per heavy atom. The van der Waals surface area contributed by atoms with E-state index in [2.05, 4.69) is 17.7 Å². The second-order valence-corrected chi connectivity index (χ2v) is 2.29. The first-order valence-corrected chi connectivity index (χ1v) is 3.66. The van der Waals surface area contributed by atoms with Gasteiger partial charge in [0.25, 0.3) is 0 Å². The van der Waals surface area contributed by atoms with Crippen molar-refractivity contribution in [3.05, 3.63) is 0 Å². The molecule has 66 valence electrons. The molecule has 0 aliphatic rings. The van der Waals surface area contributed by atoms with Crippen molar-refractivity contribution in [2.45, 2.75) is 38.7 Å². The third kappa shape index (κ3) is 7.67. The summed E-state index contributed by atoms with van der Waals surface area (Å²) in [6.07, 6.45) is 9.29. The molecule has 0 saturated carbocycles. The normalized spacial score (nSPS) is 11.4. The molecule has 0 bridgehead atoms. The minimum atomic E-state index is -0.188. The van der Waals surface area contributed by atoms with E-state index in [4.69, 9.17) is 12.3 Å². The topological polar surface area (TPSA) is 35.2 Å². The molecule has 1 atom stereocenters. The van der Waals surface area contributed by atoms with Gasteiger partial charge in [0.2, 0.25) is 0 Å². The van der Waals surface area contributed by atoms with Gasteiger partial charge in [-0.2, -0.15) is 0 Å². The summed E-state index contributed by atoms with van der Waals surface area (Å²) in [7, 11) is 0. The van der Waals surface area contributed by atoms with Crippen LogP contribution in [0.25, 0.3) is 0 Å². The van der Waals surface area contributed by atoms with Gasteiger partial charge in [0.15, 0.2) is 0 Å². The zero-order valence-electron chi connectivity index (χ0n) is 6.88. The third-order valence-electron chi connectivity index (χ3n) is 1.42. The van der Waals surface area contributed by atoms with Crippen molar-refractivity contribution in [2.75, 3.05) is 0 Å². The molecule has 2 nitrogen and oxygen atoms in total. The second kappa shape index (κ2) is 9.77. The van der Waals surface area contributed by atoms with E-state index in [0.29, 0.717) is 0 Å². The summed E-state index contributed by atoms with van der Waals surface area (Å²) in [5.74, 6) is 7.39. The van der Waals surface area contributed by atoms with Gasteiger partial charge >= 0.3 is 0 Å². The van der Waals surface area contributed by atoms with Crippen LogP contribution in [0.2, 0.25) is 0 Å². The Hall–Kier alpha value is -0.230. The number of rotatable bonds is 5. The van der Waals surface area contributed by atoms with E-state index in [1.54, 1.807) is 0 Å². The average Bonchev–Trinajstić information content (AvgIpc) is 1.99. The van der Waals surface area contributed by atoms with Crippen LogP contribution in [0.5, 0.6) is 0 Å². The van der Waals surface area contributed by atoms with Crippen molar-refractivity contribution in [3.63, 3.8) is 0 Å². The van der Waals surface area contributed by atoms with Gasteiger partial charge in [-0.15, -0.1) is 18.8 Å². The lowest BCUT2D eigenvalue weighted by Crippen LogP contribution is -2.14. The molecule has 0 heterocycles. The van der Waals surface area contributed by atoms with E-state index in [1.165, 1.54) is 12.8 Å². The highest BCUT2D eigenvalue weighted by atomic mass is 35.5. The summed E-state index contributed by atoms with van der Waals surface area (Å²) < 4.78 is 0. The average molecular weight is 178 g/mol. The van der Waals surface area contributed by atoms with Crippen LogP contribution in [0.4, 0.5) is 0 Å². The zero-order valence-corrected chi connectivity index (χ0v) is 7.69. The molecule has 0 fully saturated rings. The fraction of sp³-hybridized carbons (Fsp3) is 0.750. The first kappa shape index (κ1) is 13.4. The Bertz CT molecular complexity index is 111. The SMILES string of the molecule is C#C[C@@H](CCCCC)ON.Cl. The summed E-state index contributed by atoms with van der Waals surface area (Å²) >= 11 is 0. The first-order chi connectivity index (χ1) is 4.85. The number of unbranched alkanes of at least 4 members (excludes halogenated alkanes) is 2. The predicted molar refractivity (Wildman–Crippen MR) is 49.3 cm³/mol. The van der Waals surface area contributed by atoms with Crippen molar-refractivity contribution in [1.82, 2.24) is 0 Å². The number of halogens is 1. The molecule has 0 spiro atoms. The highest BCUT2D eigenvalue weighted by Crippen LogP contribution is 2.03. The third-order valence-corrected chi connectivity index (χ3v) is 1.42. The van der Waals surface area contributed by atoms with Crippen LogP contribution < -0.4 is 5.90 Å². The zero-order chi connectivity index (χ0) is 7.82. The largest absolute Gasteiger partial charge is 0.288 e. The summed E-state index contributed by atoms with van der Waals surface area (Å²) in [4.78, 5) is 4.51. The van der Waals surface area contributed by atoms with Gasteiger partial charge in [0.05, 0.1) is 0 Å². The van der Waals surface area contributed by atoms with Gasteiger partial charge in [-0.25, -0.2) is 5.90 Å². The molecule has 11 heavy (non-hydrogen) atoms. The van der Waals surface area contributed by atoms with E-state index in [9.17, 15) is 0 Å². The van der Waals surface area contributed by atoms with Crippen LogP contribution in [0.15, 0.2) is 0 Å². The van der Waals surface area contributed by atoms with Crippen molar-refractivity contribution >= 4 is 12.4 Å². The van der Waals surface area contributed by atoms with E-state index < -0.39 is 0 Å². The minimum absolute atomic E-state index is 0. The molecule has 0 aliphatic heterocycles. The molecule has 3 heteroatoms. The monoisotopic (exact) mass is 177 g/mol. The number of nitrogens with two attached hydrogens (primary N) is 1. The molecule has 0 aromatic heterocycles. The number of hydrogen-bond donors (Lipinski definition) is 1. The van der Waals surface area contributed by atoms with Gasteiger partial charge in [-0.1, -0.05) is 25.7 Å². The highest BCUT2D eigenvalue weighted by molar-refractivity contribution is 5.85. The van der Waals surface area contributed by atoms with Gasteiger partial charge in [0.1, 0.15) is 6.10 Å². The van der Waals surface area contributed by atoms with Crippen molar-refractivity contribution in [3.8, 4) is 12.3 Å². The van der Waals surface area contributed by atoms with Gasteiger partial charge in [-0.3, -0.25) is 4.84 Å². The Morgan fingerprint density at radius 2 is 2.18 bits per heavy atom. The van der Waals surface area contributed by atoms with E-state index >= 15 is 0 Å². The molecule has 0 unspecified atom stereocenters. The smallest absolute Gasteiger partial charge is 0.139 e. The Labute approximate surface area is 74.9 Å². The first-order valence-electron chi connectivity index (χ1n) is 3.66. The van der Waals surface area contributed by atoms with Crippen molar-refractivity contribution in [2.24, 2.45) is 5.90 Å². The lowest BCUT2D eigenvalue weighted by atomic mass is 10.1. The van der Waals surface area contributed by atoms with E-state index in [0.717, 1.165) is 12.8 Å². The van der Waals surface area contributed by atoms with Crippen LogP contribution in [0.3, 0.4) is 0 Å². The fourth-order valence-electron chi connectivity index (χ4n) is 0.770.